The Morgan fingerprint density at radius 2 is 2.00 bits per heavy atom. The molecule has 1 heterocycles. The van der Waals surface area contributed by atoms with Gasteiger partial charge in [0.2, 0.25) is 0 Å². The smallest absolute Gasteiger partial charge is 0.410 e. The third-order valence-electron chi connectivity index (χ3n) is 2.45. The molecule has 6 heteroatoms. The van der Waals surface area contributed by atoms with Crippen LogP contribution in [0.15, 0.2) is 0 Å². The van der Waals surface area contributed by atoms with Gasteiger partial charge < -0.3 is 19.1 Å². The molecule has 1 atom stereocenters. The van der Waals surface area contributed by atoms with Gasteiger partial charge in [0.05, 0.1) is 26.2 Å². The lowest BCUT2D eigenvalue weighted by Crippen LogP contribution is -2.41. The number of hydrogen-bond donors (Lipinski definition) is 0. The molecule has 1 saturated heterocycles. The Labute approximate surface area is 107 Å². The number of esters is 1. The lowest BCUT2D eigenvalue weighted by atomic mass is 10.1. The molecule has 1 aliphatic rings. The Bertz CT molecular complexity index is 310. The van der Waals surface area contributed by atoms with Crippen LogP contribution < -0.4 is 0 Å². The summed E-state index contributed by atoms with van der Waals surface area (Å²) in [6.07, 6.45) is -0.429. The van der Waals surface area contributed by atoms with E-state index >= 15 is 0 Å². The number of rotatable bonds is 1. The Morgan fingerprint density at radius 1 is 1.33 bits per heavy atom. The highest BCUT2D eigenvalue weighted by molar-refractivity contribution is 5.74. The summed E-state index contributed by atoms with van der Waals surface area (Å²) >= 11 is 0. The molecule has 0 unspecified atom stereocenters. The third kappa shape index (κ3) is 4.52. The summed E-state index contributed by atoms with van der Waals surface area (Å²) in [4.78, 5) is 24.9. The fraction of sp³-hybridized carbons (Fsp3) is 0.833. The van der Waals surface area contributed by atoms with Crippen LogP contribution in [0.3, 0.4) is 0 Å². The predicted molar refractivity (Wildman–Crippen MR) is 64.1 cm³/mol. The minimum Gasteiger partial charge on any atom is -0.469 e. The van der Waals surface area contributed by atoms with Crippen LogP contribution in [0.2, 0.25) is 0 Å². The van der Waals surface area contributed by atoms with Crippen molar-refractivity contribution in [3.8, 4) is 0 Å². The van der Waals surface area contributed by atoms with Gasteiger partial charge in [0.25, 0.3) is 0 Å². The lowest BCUT2D eigenvalue weighted by Gasteiger charge is -2.27. The molecule has 0 aromatic heterocycles. The maximum Gasteiger partial charge on any atom is 0.410 e. The molecule has 0 saturated carbocycles. The normalized spacial score (nSPS) is 21.1. The number of carbonyl (C=O) groups is 2. The molecule has 0 aromatic carbocycles. The SMILES string of the molecule is COC(=O)[C@H]1COCCN(C(=O)OC(C)(C)C)C1. The second kappa shape index (κ2) is 6.04. The Balaban J connectivity index is 2.64. The van der Waals surface area contributed by atoms with Crippen LogP contribution in [0, 0.1) is 5.92 Å². The zero-order valence-electron chi connectivity index (χ0n) is 11.4. The van der Waals surface area contributed by atoms with Crippen molar-refractivity contribution in [2.75, 3.05) is 33.4 Å². The van der Waals surface area contributed by atoms with E-state index in [0.29, 0.717) is 13.2 Å². The van der Waals surface area contributed by atoms with E-state index in [2.05, 4.69) is 4.74 Å². The molecule has 0 aromatic rings. The fourth-order valence-electron chi connectivity index (χ4n) is 1.61. The molecular weight excluding hydrogens is 238 g/mol. The van der Waals surface area contributed by atoms with Crippen molar-refractivity contribution < 1.29 is 23.8 Å². The van der Waals surface area contributed by atoms with Crippen LogP contribution >= 0.6 is 0 Å². The van der Waals surface area contributed by atoms with E-state index in [1.807, 2.05) is 0 Å². The molecule has 18 heavy (non-hydrogen) atoms. The number of nitrogens with zero attached hydrogens (tertiary/aromatic N) is 1. The van der Waals surface area contributed by atoms with Crippen molar-refractivity contribution in [3.05, 3.63) is 0 Å². The van der Waals surface area contributed by atoms with Gasteiger partial charge in [-0.1, -0.05) is 0 Å². The van der Waals surface area contributed by atoms with Crippen LogP contribution in [0.1, 0.15) is 20.8 Å². The van der Waals surface area contributed by atoms with E-state index in [9.17, 15) is 9.59 Å². The molecule has 1 fully saturated rings. The summed E-state index contributed by atoms with van der Waals surface area (Å²) in [7, 11) is 1.32. The van der Waals surface area contributed by atoms with Gasteiger partial charge in [-0.15, -0.1) is 0 Å². The quantitative estimate of drug-likeness (QED) is 0.658. The molecule has 0 bridgehead atoms. The first-order chi connectivity index (χ1) is 8.33. The van der Waals surface area contributed by atoms with Gasteiger partial charge in [-0.05, 0) is 20.8 Å². The molecule has 104 valence electrons. The van der Waals surface area contributed by atoms with Gasteiger partial charge in [-0.3, -0.25) is 4.79 Å². The molecule has 0 aliphatic carbocycles. The van der Waals surface area contributed by atoms with Crippen molar-refractivity contribution in [2.24, 2.45) is 5.92 Å². The standard InChI is InChI=1S/C12H21NO5/c1-12(2,3)18-11(15)13-5-6-17-8-9(7-13)10(14)16-4/h9H,5-8H2,1-4H3/t9-/m1/s1. The number of hydrogen-bond acceptors (Lipinski definition) is 5. The first-order valence-corrected chi connectivity index (χ1v) is 5.97. The van der Waals surface area contributed by atoms with Crippen LogP contribution in [0.5, 0.6) is 0 Å². The Kier molecular flexibility index (Phi) is 4.95. The van der Waals surface area contributed by atoms with Gasteiger partial charge in [0.1, 0.15) is 5.60 Å². The van der Waals surface area contributed by atoms with Crippen LogP contribution in [-0.2, 0) is 19.0 Å². The summed E-state index contributed by atoms with van der Waals surface area (Å²) in [6, 6.07) is 0. The van der Waals surface area contributed by atoms with Gasteiger partial charge in [-0.25, -0.2) is 4.79 Å². The number of amides is 1. The highest BCUT2D eigenvalue weighted by atomic mass is 16.6. The largest absolute Gasteiger partial charge is 0.469 e. The molecule has 0 radical (unpaired) electrons. The van der Waals surface area contributed by atoms with Gasteiger partial charge in [0, 0.05) is 13.1 Å². The zero-order valence-corrected chi connectivity index (χ0v) is 11.4. The van der Waals surface area contributed by atoms with Crippen molar-refractivity contribution in [1.82, 2.24) is 4.90 Å². The van der Waals surface area contributed by atoms with Crippen molar-refractivity contribution in [3.63, 3.8) is 0 Å². The first-order valence-electron chi connectivity index (χ1n) is 5.97. The maximum atomic E-state index is 11.9. The summed E-state index contributed by atoms with van der Waals surface area (Å²) in [6.45, 7) is 6.76. The van der Waals surface area contributed by atoms with Crippen molar-refractivity contribution >= 4 is 12.1 Å². The molecule has 0 spiro atoms. The van der Waals surface area contributed by atoms with E-state index in [-0.39, 0.29) is 19.1 Å². The lowest BCUT2D eigenvalue weighted by molar-refractivity contribution is -0.147. The summed E-state index contributed by atoms with van der Waals surface area (Å²) < 4.78 is 15.2. The molecule has 1 amide bonds. The van der Waals surface area contributed by atoms with Crippen LogP contribution in [-0.4, -0.2) is 56.0 Å². The zero-order chi connectivity index (χ0) is 13.8. The molecule has 6 nitrogen and oxygen atoms in total. The maximum absolute atomic E-state index is 11.9. The van der Waals surface area contributed by atoms with Crippen LogP contribution in [0.4, 0.5) is 4.79 Å². The topological polar surface area (TPSA) is 65.1 Å². The second-order valence-corrected chi connectivity index (χ2v) is 5.22. The summed E-state index contributed by atoms with van der Waals surface area (Å²) in [5.74, 6) is -0.824. The first kappa shape index (κ1) is 14.8. The van der Waals surface area contributed by atoms with Crippen LogP contribution in [0.25, 0.3) is 0 Å². The summed E-state index contributed by atoms with van der Waals surface area (Å²) in [5.41, 5.74) is -0.551. The predicted octanol–water partition coefficient (Wildman–Crippen LogP) is 1.04. The summed E-state index contributed by atoms with van der Waals surface area (Å²) in [5, 5.41) is 0. The fourth-order valence-corrected chi connectivity index (χ4v) is 1.61. The Hall–Kier alpha value is -1.30. The number of methoxy groups -OCH3 is 1. The minimum absolute atomic E-state index is 0.265. The highest BCUT2D eigenvalue weighted by Gasteiger charge is 2.30. The van der Waals surface area contributed by atoms with E-state index in [0.717, 1.165) is 0 Å². The minimum atomic E-state index is -0.551. The molecule has 1 rings (SSSR count). The Morgan fingerprint density at radius 3 is 2.56 bits per heavy atom. The van der Waals surface area contributed by atoms with Gasteiger partial charge >= 0.3 is 12.1 Å². The highest BCUT2D eigenvalue weighted by Crippen LogP contribution is 2.14. The van der Waals surface area contributed by atoms with Gasteiger partial charge in [-0.2, -0.15) is 0 Å². The van der Waals surface area contributed by atoms with E-state index in [1.165, 1.54) is 12.0 Å². The van der Waals surface area contributed by atoms with Crippen molar-refractivity contribution in [1.29, 1.82) is 0 Å². The average molecular weight is 259 g/mol. The van der Waals surface area contributed by atoms with E-state index in [1.54, 1.807) is 20.8 Å². The second-order valence-electron chi connectivity index (χ2n) is 5.22. The third-order valence-corrected chi connectivity index (χ3v) is 2.45. The monoisotopic (exact) mass is 259 g/mol. The molecule has 1 aliphatic heterocycles. The van der Waals surface area contributed by atoms with E-state index in [4.69, 9.17) is 9.47 Å². The molecule has 0 N–H and O–H groups in total. The van der Waals surface area contributed by atoms with Gasteiger partial charge in [0.15, 0.2) is 0 Å². The molecular formula is C12H21NO5. The number of carbonyl (C=O) groups excluding carboxylic acids is 2. The number of ether oxygens (including phenoxy) is 3. The average Bonchev–Trinajstić information content (AvgIpc) is 2.51. The van der Waals surface area contributed by atoms with Crippen molar-refractivity contribution in [2.45, 2.75) is 26.4 Å². The van der Waals surface area contributed by atoms with E-state index < -0.39 is 17.6 Å².